The largest absolute Gasteiger partial charge is 0.497 e. The Kier molecular flexibility index (Phi) is 5.39. The molecule has 5 nitrogen and oxygen atoms in total. The summed E-state index contributed by atoms with van der Waals surface area (Å²) in [6, 6.07) is 21.8. The second kappa shape index (κ2) is 8.36. The predicted octanol–water partition coefficient (Wildman–Crippen LogP) is 6.43. The van der Waals surface area contributed by atoms with E-state index in [1.54, 1.807) is 7.11 Å². The number of carbonyl (C=O) groups is 1. The monoisotopic (exact) mass is 489 g/mol. The maximum atomic E-state index is 13.5. The van der Waals surface area contributed by atoms with Gasteiger partial charge in [0.25, 0.3) is 0 Å². The number of nitrogens with zero attached hydrogens (tertiary/aromatic N) is 1. The number of aromatic amines is 1. The van der Waals surface area contributed by atoms with Crippen LogP contribution in [0.4, 0.5) is 10.5 Å². The fourth-order valence-electron chi connectivity index (χ4n) is 4.51. The van der Waals surface area contributed by atoms with Crippen LogP contribution in [-0.4, -0.2) is 29.6 Å². The van der Waals surface area contributed by atoms with Gasteiger partial charge in [0.1, 0.15) is 5.75 Å². The zero-order valence-corrected chi connectivity index (χ0v) is 19.6. The molecule has 1 aliphatic heterocycles. The summed E-state index contributed by atoms with van der Waals surface area (Å²) in [6.07, 6.45) is 0.804. The summed E-state index contributed by atoms with van der Waals surface area (Å²) in [6.45, 7) is 2.64. The lowest BCUT2D eigenvalue weighted by molar-refractivity contribution is 0.193. The van der Waals surface area contributed by atoms with Crippen molar-refractivity contribution in [1.29, 1.82) is 0 Å². The van der Waals surface area contributed by atoms with Gasteiger partial charge in [0, 0.05) is 33.3 Å². The number of halogens is 1. The van der Waals surface area contributed by atoms with E-state index in [0.717, 1.165) is 44.7 Å². The highest BCUT2D eigenvalue weighted by Crippen LogP contribution is 2.39. The molecule has 0 bridgehead atoms. The minimum absolute atomic E-state index is 0.114. The van der Waals surface area contributed by atoms with Crippen LogP contribution in [-0.2, 0) is 6.42 Å². The smallest absolute Gasteiger partial charge is 0.322 e. The first-order valence-corrected chi connectivity index (χ1v) is 11.4. The van der Waals surface area contributed by atoms with Crippen LogP contribution < -0.4 is 10.1 Å². The number of amides is 2. The Hall–Kier alpha value is -3.25. The molecule has 0 radical (unpaired) electrons. The van der Waals surface area contributed by atoms with E-state index in [-0.39, 0.29) is 12.1 Å². The predicted molar refractivity (Wildman–Crippen MR) is 131 cm³/mol. The number of aryl methyl sites for hydroxylation is 1. The molecule has 5 rings (SSSR count). The molecule has 1 aliphatic rings. The molecule has 0 spiro atoms. The van der Waals surface area contributed by atoms with Crippen LogP contribution in [0, 0.1) is 6.92 Å². The van der Waals surface area contributed by atoms with Gasteiger partial charge in [-0.3, -0.25) is 0 Å². The van der Waals surface area contributed by atoms with Gasteiger partial charge in [-0.2, -0.15) is 0 Å². The molecular weight excluding hydrogens is 466 g/mol. The molecule has 3 aromatic carbocycles. The van der Waals surface area contributed by atoms with Gasteiger partial charge in [0.05, 0.1) is 13.2 Å². The van der Waals surface area contributed by atoms with Crippen LogP contribution >= 0.6 is 15.9 Å². The topological polar surface area (TPSA) is 57.4 Å². The van der Waals surface area contributed by atoms with Gasteiger partial charge in [0.15, 0.2) is 0 Å². The third kappa shape index (κ3) is 3.65. The Bertz CT molecular complexity index is 1300. The second-order valence-corrected chi connectivity index (χ2v) is 8.93. The summed E-state index contributed by atoms with van der Waals surface area (Å²) >= 11 is 3.52. The first kappa shape index (κ1) is 20.6. The summed E-state index contributed by atoms with van der Waals surface area (Å²) in [7, 11) is 1.66. The molecule has 4 aromatic rings. The van der Waals surface area contributed by atoms with Crippen LogP contribution in [0.5, 0.6) is 5.75 Å². The summed E-state index contributed by atoms with van der Waals surface area (Å²) < 4.78 is 6.36. The van der Waals surface area contributed by atoms with Crippen molar-refractivity contribution >= 4 is 38.6 Å². The summed E-state index contributed by atoms with van der Waals surface area (Å²) in [4.78, 5) is 19.0. The average Bonchev–Trinajstić information content (AvgIpc) is 3.19. The number of para-hydroxylation sites is 1. The number of fused-ring (bicyclic) bond motifs is 3. The van der Waals surface area contributed by atoms with Crippen molar-refractivity contribution in [3.8, 4) is 5.75 Å². The maximum Gasteiger partial charge on any atom is 0.322 e. The quantitative estimate of drug-likeness (QED) is 0.348. The number of anilines is 1. The lowest BCUT2D eigenvalue weighted by atomic mass is 9.92. The van der Waals surface area contributed by atoms with Gasteiger partial charge in [-0.15, -0.1) is 0 Å². The number of hydrogen-bond donors (Lipinski definition) is 2. The number of H-pyrrole nitrogens is 1. The molecule has 32 heavy (non-hydrogen) atoms. The molecule has 6 heteroatoms. The molecule has 0 unspecified atom stereocenters. The molecule has 2 N–H and O–H groups in total. The summed E-state index contributed by atoms with van der Waals surface area (Å²) in [5.41, 5.74) is 6.36. The summed E-state index contributed by atoms with van der Waals surface area (Å²) in [5.74, 6) is 0.794. The minimum atomic E-state index is -0.214. The molecule has 0 saturated heterocycles. The van der Waals surface area contributed by atoms with Gasteiger partial charge >= 0.3 is 6.03 Å². The summed E-state index contributed by atoms with van der Waals surface area (Å²) in [5, 5.41) is 4.32. The van der Waals surface area contributed by atoms with Crippen LogP contribution in [0.2, 0.25) is 0 Å². The van der Waals surface area contributed by atoms with E-state index < -0.39 is 0 Å². The number of hydrogen-bond acceptors (Lipinski definition) is 2. The van der Waals surface area contributed by atoms with E-state index in [9.17, 15) is 4.79 Å². The maximum absolute atomic E-state index is 13.5. The van der Waals surface area contributed by atoms with Gasteiger partial charge in [-0.25, -0.2) is 4.79 Å². The van der Waals surface area contributed by atoms with E-state index in [0.29, 0.717) is 6.54 Å². The van der Waals surface area contributed by atoms with Crippen LogP contribution in [0.1, 0.15) is 28.4 Å². The lowest BCUT2D eigenvalue weighted by Crippen LogP contribution is -2.43. The Morgan fingerprint density at radius 2 is 1.91 bits per heavy atom. The number of benzene rings is 3. The van der Waals surface area contributed by atoms with Crippen molar-refractivity contribution in [2.45, 2.75) is 19.4 Å². The number of nitrogens with one attached hydrogen (secondary N) is 2. The second-order valence-electron chi connectivity index (χ2n) is 8.08. The Balaban J connectivity index is 1.55. The van der Waals surface area contributed by atoms with Crippen molar-refractivity contribution in [3.63, 3.8) is 0 Å². The van der Waals surface area contributed by atoms with Crippen molar-refractivity contribution in [2.75, 3.05) is 19.0 Å². The van der Waals surface area contributed by atoms with Gasteiger partial charge < -0.3 is 19.9 Å². The third-order valence-corrected chi connectivity index (χ3v) is 7.03. The zero-order chi connectivity index (χ0) is 22.2. The fourth-order valence-corrected chi connectivity index (χ4v) is 4.76. The first-order chi connectivity index (χ1) is 15.5. The molecule has 2 heterocycles. The van der Waals surface area contributed by atoms with E-state index >= 15 is 0 Å². The number of urea groups is 1. The first-order valence-electron chi connectivity index (χ1n) is 10.6. The molecule has 0 saturated carbocycles. The number of aromatic nitrogens is 1. The third-order valence-electron chi connectivity index (χ3n) is 6.14. The molecule has 1 aromatic heterocycles. The average molecular weight is 490 g/mol. The lowest BCUT2D eigenvalue weighted by Gasteiger charge is -2.36. The zero-order valence-electron chi connectivity index (χ0n) is 18.0. The Labute approximate surface area is 195 Å². The number of rotatable bonds is 3. The SMILES string of the molecule is COc1ccc([C@@H]2c3[nH]c4ccccc4c3CCN2C(=O)Nc2ccc(Br)c(C)c2)cc1. The van der Waals surface area contributed by atoms with Gasteiger partial charge in [0.2, 0.25) is 0 Å². The standard InChI is InChI=1S/C26H24BrN3O2/c1-16-15-18(9-12-22(16)27)28-26(31)30-14-13-21-20-5-3-4-6-23(20)29-24(21)25(30)17-7-10-19(32-2)11-8-17/h3-12,15,25,29H,13-14H2,1-2H3,(H,28,31)/t25-/m1/s1. The van der Waals surface area contributed by atoms with Gasteiger partial charge in [-0.05, 0) is 66.4 Å². The van der Waals surface area contributed by atoms with E-state index in [1.807, 2.05) is 60.4 Å². The van der Waals surface area contributed by atoms with E-state index in [1.165, 1.54) is 10.9 Å². The highest BCUT2D eigenvalue weighted by atomic mass is 79.9. The fraction of sp³-hybridized carbons (Fsp3) is 0.192. The highest BCUT2D eigenvalue weighted by molar-refractivity contribution is 9.10. The molecule has 0 aliphatic carbocycles. The van der Waals surface area contributed by atoms with Gasteiger partial charge in [-0.1, -0.05) is 46.3 Å². The number of methoxy groups -OCH3 is 1. The van der Waals surface area contributed by atoms with E-state index in [2.05, 4.69) is 44.4 Å². The minimum Gasteiger partial charge on any atom is -0.497 e. The normalized spacial score (nSPS) is 15.5. The van der Waals surface area contributed by atoms with Crippen molar-refractivity contribution in [2.24, 2.45) is 0 Å². The van der Waals surface area contributed by atoms with Crippen LogP contribution in [0.25, 0.3) is 10.9 Å². The van der Waals surface area contributed by atoms with Crippen LogP contribution in [0.3, 0.4) is 0 Å². The van der Waals surface area contributed by atoms with Crippen molar-refractivity contribution in [1.82, 2.24) is 9.88 Å². The number of carbonyl (C=O) groups excluding carboxylic acids is 1. The van der Waals surface area contributed by atoms with Crippen LogP contribution in [0.15, 0.2) is 71.2 Å². The molecule has 162 valence electrons. The Morgan fingerprint density at radius 1 is 1.12 bits per heavy atom. The molecule has 2 amide bonds. The molecular formula is C26H24BrN3O2. The van der Waals surface area contributed by atoms with E-state index in [4.69, 9.17) is 4.74 Å². The Morgan fingerprint density at radius 3 is 2.66 bits per heavy atom. The highest BCUT2D eigenvalue weighted by Gasteiger charge is 2.34. The molecule has 0 fully saturated rings. The molecule has 1 atom stereocenters. The number of ether oxygens (including phenoxy) is 1. The van der Waals surface area contributed by atoms with Crippen molar-refractivity contribution < 1.29 is 9.53 Å². The van der Waals surface area contributed by atoms with Crippen molar-refractivity contribution in [3.05, 3.63) is 93.6 Å².